The lowest BCUT2D eigenvalue weighted by Crippen LogP contribution is -2.39. The predicted molar refractivity (Wildman–Crippen MR) is 66.9 cm³/mol. The minimum Gasteiger partial charge on any atom is -0.475 e. The SMILES string of the molecule is CC(C)C1CCN(C(=O)c2cc(C(=O)O)on2)CC1. The first-order valence-corrected chi connectivity index (χ1v) is 6.48. The summed E-state index contributed by atoms with van der Waals surface area (Å²) >= 11 is 0. The fourth-order valence-electron chi connectivity index (χ4n) is 2.41. The predicted octanol–water partition coefficient (Wildman–Crippen LogP) is 1.88. The molecule has 19 heavy (non-hydrogen) atoms. The zero-order valence-corrected chi connectivity index (χ0v) is 11.1. The van der Waals surface area contributed by atoms with Gasteiger partial charge in [-0.05, 0) is 24.7 Å². The van der Waals surface area contributed by atoms with E-state index in [9.17, 15) is 9.59 Å². The van der Waals surface area contributed by atoms with E-state index in [-0.39, 0.29) is 17.4 Å². The van der Waals surface area contributed by atoms with E-state index in [2.05, 4.69) is 23.5 Å². The molecular formula is C13H18N2O4. The van der Waals surface area contributed by atoms with Crippen molar-refractivity contribution >= 4 is 11.9 Å². The van der Waals surface area contributed by atoms with Crippen LogP contribution in [0.3, 0.4) is 0 Å². The lowest BCUT2D eigenvalue weighted by molar-refractivity contribution is 0.0636. The molecule has 0 spiro atoms. The third-order valence-corrected chi connectivity index (χ3v) is 3.71. The van der Waals surface area contributed by atoms with Crippen LogP contribution in [0.25, 0.3) is 0 Å². The Balaban J connectivity index is 1.99. The summed E-state index contributed by atoms with van der Waals surface area (Å²) in [6.45, 7) is 5.77. The highest BCUT2D eigenvalue weighted by Gasteiger charge is 2.27. The Hall–Kier alpha value is -1.85. The molecule has 1 aliphatic heterocycles. The molecule has 0 bridgehead atoms. The Morgan fingerprint density at radius 3 is 2.53 bits per heavy atom. The number of likely N-dealkylation sites (tertiary alicyclic amines) is 1. The monoisotopic (exact) mass is 266 g/mol. The Kier molecular flexibility index (Phi) is 3.87. The number of amides is 1. The quantitative estimate of drug-likeness (QED) is 0.903. The number of carboxylic acids is 1. The summed E-state index contributed by atoms with van der Waals surface area (Å²) < 4.78 is 4.60. The zero-order chi connectivity index (χ0) is 14.0. The lowest BCUT2D eigenvalue weighted by Gasteiger charge is -2.33. The van der Waals surface area contributed by atoms with E-state index < -0.39 is 5.97 Å². The van der Waals surface area contributed by atoms with E-state index in [1.807, 2.05) is 0 Å². The third-order valence-electron chi connectivity index (χ3n) is 3.71. The van der Waals surface area contributed by atoms with Crippen molar-refractivity contribution in [2.75, 3.05) is 13.1 Å². The van der Waals surface area contributed by atoms with Crippen LogP contribution < -0.4 is 0 Å². The Labute approximate surface area is 111 Å². The second kappa shape index (κ2) is 5.42. The van der Waals surface area contributed by atoms with Crippen molar-refractivity contribution in [1.82, 2.24) is 10.1 Å². The van der Waals surface area contributed by atoms with Crippen LogP contribution in [0.5, 0.6) is 0 Å². The van der Waals surface area contributed by atoms with Crippen molar-refractivity contribution in [2.24, 2.45) is 11.8 Å². The van der Waals surface area contributed by atoms with E-state index in [0.29, 0.717) is 24.9 Å². The molecule has 2 heterocycles. The number of carbonyl (C=O) groups excluding carboxylic acids is 1. The van der Waals surface area contributed by atoms with E-state index in [1.54, 1.807) is 4.90 Å². The van der Waals surface area contributed by atoms with Gasteiger partial charge in [0.15, 0.2) is 5.69 Å². The largest absolute Gasteiger partial charge is 0.475 e. The Morgan fingerprint density at radius 2 is 2.05 bits per heavy atom. The van der Waals surface area contributed by atoms with E-state index in [0.717, 1.165) is 12.8 Å². The molecule has 0 atom stereocenters. The zero-order valence-electron chi connectivity index (χ0n) is 11.1. The minimum atomic E-state index is -1.22. The van der Waals surface area contributed by atoms with Crippen LogP contribution in [0.4, 0.5) is 0 Å². The number of aromatic carboxylic acids is 1. The molecule has 1 fully saturated rings. The number of hydrogen-bond donors (Lipinski definition) is 1. The number of nitrogens with zero attached hydrogens (tertiary/aromatic N) is 2. The molecule has 1 aromatic rings. The smallest absolute Gasteiger partial charge is 0.374 e. The molecule has 0 saturated carbocycles. The first-order valence-electron chi connectivity index (χ1n) is 6.48. The first kappa shape index (κ1) is 13.6. The van der Waals surface area contributed by atoms with Crippen molar-refractivity contribution in [3.05, 3.63) is 17.5 Å². The van der Waals surface area contributed by atoms with Gasteiger partial charge in [0.2, 0.25) is 5.76 Å². The molecule has 0 radical (unpaired) electrons. The van der Waals surface area contributed by atoms with Gasteiger partial charge in [0.05, 0.1) is 0 Å². The highest BCUT2D eigenvalue weighted by atomic mass is 16.5. The molecule has 1 amide bonds. The number of aromatic nitrogens is 1. The van der Waals surface area contributed by atoms with Crippen molar-refractivity contribution < 1.29 is 19.2 Å². The van der Waals surface area contributed by atoms with Crippen molar-refractivity contribution in [1.29, 1.82) is 0 Å². The van der Waals surface area contributed by atoms with E-state index >= 15 is 0 Å². The highest BCUT2D eigenvalue weighted by Crippen LogP contribution is 2.25. The summed E-state index contributed by atoms with van der Waals surface area (Å²) in [5.74, 6) is -0.497. The minimum absolute atomic E-state index is 0.0698. The normalized spacial score (nSPS) is 16.9. The van der Waals surface area contributed by atoms with Gasteiger partial charge < -0.3 is 14.5 Å². The first-order chi connectivity index (χ1) is 8.99. The molecule has 2 rings (SSSR count). The fourth-order valence-corrected chi connectivity index (χ4v) is 2.41. The fraction of sp³-hybridized carbons (Fsp3) is 0.615. The van der Waals surface area contributed by atoms with Crippen molar-refractivity contribution in [2.45, 2.75) is 26.7 Å². The van der Waals surface area contributed by atoms with E-state index in [4.69, 9.17) is 5.11 Å². The standard InChI is InChI=1S/C13H18N2O4/c1-8(2)9-3-5-15(6-4-9)12(16)10-7-11(13(17)18)19-14-10/h7-9H,3-6H2,1-2H3,(H,17,18). The molecule has 1 N–H and O–H groups in total. The molecule has 0 aromatic carbocycles. The van der Waals surface area contributed by atoms with Crippen LogP contribution in [0.1, 0.15) is 47.7 Å². The lowest BCUT2D eigenvalue weighted by atomic mass is 9.86. The van der Waals surface area contributed by atoms with Gasteiger partial charge in [0.1, 0.15) is 0 Å². The van der Waals surface area contributed by atoms with Gasteiger partial charge >= 0.3 is 5.97 Å². The number of carboxylic acid groups (broad SMARTS) is 1. The Morgan fingerprint density at radius 1 is 1.42 bits per heavy atom. The number of rotatable bonds is 3. The average Bonchev–Trinajstić information content (AvgIpc) is 2.87. The van der Waals surface area contributed by atoms with Crippen molar-refractivity contribution in [3.63, 3.8) is 0 Å². The van der Waals surface area contributed by atoms with Crippen LogP contribution in [0, 0.1) is 11.8 Å². The molecule has 0 aliphatic carbocycles. The molecule has 0 unspecified atom stereocenters. The average molecular weight is 266 g/mol. The summed E-state index contributed by atoms with van der Waals surface area (Å²) in [6, 6.07) is 1.18. The summed E-state index contributed by atoms with van der Waals surface area (Å²) in [5.41, 5.74) is 0.0698. The maximum atomic E-state index is 12.1. The van der Waals surface area contributed by atoms with Crippen LogP contribution in [-0.2, 0) is 0 Å². The van der Waals surface area contributed by atoms with Crippen LogP contribution in [0.15, 0.2) is 10.6 Å². The topological polar surface area (TPSA) is 83.6 Å². The molecular weight excluding hydrogens is 248 g/mol. The molecule has 6 heteroatoms. The van der Waals surface area contributed by atoms with Gasteiger partial charge in [-0.3, -0.25) is 4.79 Å². The molecule has 1 saturated heterocycles. The van der Waals surface area contributed by atoms with Gasteiger partial charge in [0, 0.05) is 19.2 Å². The summed E-state index contributed by atoms with van der Waals surface area (Å²) in [7, 11) is 0. The second-order valence-corrected chi connectivity index (χ2v) is 5.26. The maximum absolute atomic E-state index is 12.1. The molecule has 1 aromatic heterocycles. The second-order valence-electron chi connectivity index (χ2n) is 5.26. The van der Waals surface area contributed by atoms with Crippen LogP contribution in [-0.4, -0.2) is 40.1 Å². The number of hydrogen-bond acceptors (Lipinski definition) is 4. The van der Waals surface area contributed by atoms with Gasteiger partial charge in [0.25, 0.3) is 5.91 Å². The molecule has 1 aliphatic rings. The van der Waals surface area contributed by atoms with Crippen molar-refractivity contribution in [3.8, 4) is 0 Å². The molecule has 104 valence electrons. The van der Waals surface area contributed by atoms with E-state index in [1.165, 1.54) is 6.07 Å². The number of piperidine rings is 1. The Bertz CT molecular complexity index is 473. The highest BCUT2D eigenvalue weighted by molar-refractivity contribution is 5.94. The summed E-state index contributed by atoms with van der Waals surface area (Å²) in [6.07, 6.45) is 1.96. The number of carbonyl (C=O) groups is 2. The van der Waals surface area contributed by atoms with Crippen LogP contribution in [0.2, 0.25) is 0 Å². The third kappa shape index (κ3) is 2.94. The van der Waals surface area contributed by atoms with Gasteiger partial charge in [-0.1, -0.05) is 19.0 Å². The molecule has 6 nitrogen and oxygen atoms in total. The van der Waals surface area contributed by atoms with Crippen LogP contribution >= 0.6 is 0 Å². The maximum Gasteiger partial charge on any atom is 0.374 e. The summed E-state index contributed by atoms with van der Waals surface area (Å²) in [5, 5.41) is 12.2. The van der Waals surface area contributed by atoms with Gasteiger partial charge in [-0.25, -0.2) is 4.79 Å². The van der Waals surface area contributed by atoms with Gasteiger partial charge in [-0.15, -0.1) is 0 Å². The summed E-state index contributed by atoms with van der Waals surface area (Å²) in [4.78, 5) is 24.5. The van der Waals surface area contributed by atoms with Gasteiger partial charge in [-0.2, -0.15) is 0 Å².